The van der Waals surface area contributed by atoms with Gasteiger partial charge in [-0.25, -0.2) is 4.98 Å². The number of aromatic nitrogens is 3. The number of carbonyl (C=O) groups excluding carboxylic acids is 1. The summed E-state index contributed by atoms with van der Waals surface area (Å²) in [4.78, 5) is 34.8. The molecule has 0 radical (unpaired) electrons. The number of nitrogens with two attached hydrogens (primary N) is 1. The molecule has 4 rings (SSSR count). The zero-order valence-electron chi connectivity index (χ0n) is 21.5. The molecule has 0 fully saturated rings. The molecule has 0 spiro atoms. The number of benzene rings is 2. The van der Waals surface area contributed by atoms with E-state index in [0.29, 0.717) is 64.8 Å². The summed E-state index contributed by atoms with van der Waals surface area (Å²) in [5.74, 6) is 0.218. The molecule has 37 heavy (non-hydrogen) atoms. The highest BCUT2D eigenvalue weighted by Crippen LogP contribution is 2.31. The van der Waals surface area contributed by atoms with Crippen LogP contribution in [0.2, 0.25) is 10.0 Å². The fraction of sp³-hybridized carbons (Fsp3) is 0.308. The molecule has 2 aromatic carbocycles. The summed E-state index contributed by atoms with van der Waals surface area (Å²) in [6.07, 6.45) is 1.10. The molecule has 0 saturated carbocycles. The number of halogens is 3. The van der Waals surface area contributed by atoms with Gasteiger partial charge >= 0.3 is 1.43 Å². The fourth-order valence-corrected chi connectivity index (χ4v) is 5.44. The molecule has 2 aromatic heterocycles. The van der Waals surface area contributed by atoms with Gasteiger partial charge < -0.3 is 23.0 Å². The number of hydrogen-bond acceptors (Lipinski definition) is 6. The van der Waals surface area contributed by atoms with Crippen LogP contribution in [0.15, 0.2) is 53.3 Å². The predicted octanol–water partition coefficient (Wildman–Crippen LogP) is 2.58. The molecule has 4 aromatic rings. The molecule has 2 N–H and O–H groups in total. The van der Waals surface area contributed by atoms with Crippen LogP contribution in [0.5, 0.6) is 0 Å². The Morgan fingerprint density at radius 3 is 2.59 bits per heavy atom. The monoisotopic (exact) mass is 579 g/mol. The van der Waals surface area contributed by atoms with Gasteiger partial charge in [0.15, 0.2) is 4.83 Å². The zero-order valence-corrected chi connectivity index (χ0v) is 23.5. The van der Waals surface area contributed by atoms with E-state index in [4.69, 9.17) is 33.9 Å². The fourth-order valence-electron chi connectivity index (χ4n) is 4.28. The van der Waals surface area contributed by atoms with Crippen LogP contribution < -0.4 is 23.7 Å². The van der Waals surface area contributed by atoms with Crippen molar-refractivity contribution in [3.05, 3.63) is 91.6 Å². The van der Waals surface area contributed by atoms with E-state index in [1.165, 1.54) is 11.5 Å². The van der Waals surface area contributed by atoms with Gasteiger partial charge in [-0.3, -0.25) is 14.2 Å². The maximum atomic E-state index is 13.8. The van der Waals surface area contributed by atoms with E-state index in [-0.39, 0.29) is 30.3 Å². The van der Waals surface area contributed by atoms with Gasteiger partial charge in [0.05, 0.1) is 39.3 Å². The van der Waals surface area contributed by atoms with Crippen molar-refractivity contribution in [3.8, 4) is 0 Å². The van der Waals surface area contributed by atoms with E-state index < -0.39 is 6.04 Å². The summed E-state index contributed by atoms with van der Waals surface area (Å²) >= 11 is 13.8. The largest absolute Gasteiger partial charge is 1.00 e. The van der Waals surface area contributed by atoms with Crippen molar-refractivity contribution < 1.29 is 18.6 Å². The summed E-state index contributed by atoms with van der Waals surface area (Å²) < 4.78 is 6.03. The SMILES string of the molecule is CCC(c1nc2snc(C)c2c(=O)n1Cc1ccccc1)N(CCCN)C(=O)c1cccc(Cl)c1Cl.[Cl-].[H+]. The Balaban J connectivity index is 0.00000253. The number of aryl methyl sites for hydroxylation is 1. The van der Waals surface area contributed by atoms with Gasteiger partial charge in [0.2, 0.25) is 0 Å². The van der Waals surface area contributed by atoms with Crippen LogP contribution in [-0.2, 0) is 6.54 Å². The highest BCUT2D eigenvalue weighted by Gasteiger charge is 2.31. The lowest BCUT2D eigenvalue weighted by Crippen LogP contribution is -3.00. The topological polar surface area (TPSA) is 94.1 Å². The van der Waals surface area contributed by atoms with Crippen molar-refractivity contribution in [1.82, 2.24) is 18.8 Å². The second-order valence-corrected chi connectivity index (χ2v) is 10.00. The number of rotatable bonds is 9. The quantitative estimate of drug-likeness (QED) is 0.328. The molecule has 0 saturated heterocycles. The molecule has 196 valence electrons. The minimum absolute atomic E-state index is 0. The first-order valence-electron chi connectivity index (χ1n) is 11.7. The predicted molar refractivity (Wildman–Crippen MR) is 147 cm³/mol. The van der Waals surface area contributed by atoms with Gasteiger partial charge in [0.25, 0.3) is 11.5 Å². The maximum Gasteiger partial charge on any atom is 1.00 e. The first kappa shape index (κ1) is 29.1. The van der Waals surface area contributed by atoms with Crippen LogP contribution in [-0.4, -0.2) is 37.8 Å². The third-order valence-electron chi connectivity index (χ3n) is 6.09. The second-order valence-electron chi connectivity index (χ2n) is 8.46. The Bertz CT molecular complexity index is 1450. The lowest BCUT2D eigenvalue weighted by Gasteiger charge is -2.32. The summed E-state index contributed by atoms with van der Waals surface area (Å²) in [6, 6.07) is 14.2. The van der Waals surface area contributed by atoms with Crippen molar-refractivity contribution in [3.63, 3.8) is 0 Å². The van der Waals surface area contributed by atoms with Crippen molar-refractivity contribution >= 4 is 50.9 Å². The van der Waals surface area contributed by atoms with Crippen LogP contribution in [0.4, 0.5) is 0 Å². The van der Waals surface area contributed by atoms with Crippen LogP contribution in [0.1, 0.15) is 54.7 Å². The Kier molecular flexibility index (Phi) is 10.1. The van der Waals surface area contributed by atoms with Gasteiger partial charge in [0.1, 0.15) is 5.82 Å². The standard InChI is InChI=1S/C26H27Cl2N5O2S.ClH/c1-3-20(32(14-8-13-29)25(34)18-11-7-12-19(27)22(18)28)23-30-24-21(16(2)31-36-24)26(35)33(23)15-17-9-5-4-6-10-17;/h4-7,9-12,20H,3,8,13-15,29H2,1-2H3;1H. The molecule has 0 aliphatic carbocycles. The molecule has 0 aliphatic rings. The van der Waals surface area contributed by atoms with Gasteiger partial charge in [-0.15, -0.1) is 0 Å². The molecule has 11 heteroatoms. The van der Waals surface area contributed by atoms with Crippen LogP contribution in [0, 0.1) is 6.92 Å². The normalized spacial score (nSPS) is 11.8. The molecule has 0 aliphatic heterocycles. The van der Waals surface area contributed by atoms with Crippen molar-refractivity contribution in [2.75, 3.05) is 13.1 Å². The second kappa shape index (κ2) is 12.8. The number of amides is 1. The van der Waals surface area contributed by atoms with Crippen molar-refractivity contribution in [2.45, 2.75) is 39.3 Å². The minimum atomic E-state index is -0.498. The lowest BCUT2D eigenvalue weighted by molar-refractivity contribution is -0.0000182. The molecule has 7 nitrogen and oxygen atoms in total. The van der Waals surface area contributed by atoms with E-state index in [9.17, 15) is 9.59 Å². The maximum absolute atomic E-state index is 13.8. The Morgan fingerprint density at radius 1 is 1.19 bits per heavy atom. The average Bonchev–Trinajstić information content (AvgIpc) is 3.26. The number of carbonyl (C=O) groups is 1. The first-order valence-corrected chi connectivity index (χ1v) is 13.3. The molecule has 0 bridgehead atoms. The van der Waals surface area contributed by atoms with Gasteiger partial charge in [-0.1, -0.05) is 66.5 Å². The zero-order chi connectivity index (χ0) is 25.8. The third kappa shape index (κ3) is 5.99. The molecule has 1 atom stereocenters. The van der Waals surface area contributed by atoms with Crippen molar-refractivity contribution in [2.24, 2.45) is 5.73 Å². The van der Waals surface area contributed by atoms with Gasteiger partial charge in [-0.05, 0) is 55.5 Å². The van der Waals surface area contributed by atoms with Crippen molar-refractivity contribution in [1.29, 1.82) is 0 Å². The van der Waals surface area contributed by atoms with Crippen LogP contribution >= 0.6 is 34.7 Å². The van der Waals surface area contributed by atoms with E-state index in [1.807, 2.05) is 44.2 Å². The average molecular weight is 581 g/mol. The van der Waals surface area contributed by atoms with E-state index in [0.717, 1.165) is 5.56 Å². The van der Waals surface area contributed by atoms with Crippen LogP contribution in [0.25, 0.3) is 10.2 Å². The summed E-state index contributed by atoms with van der Waals surface area (Å²) in [6.45, 7) is 4.87. The van der Waals surface area contributed by atoms with Gasteiger partial charge in [-0.2, -0.15) is 4.37 Å². The number of nitrogens with zero attached hydrogens (tertiary/aromatic N) is 4. The molecule has 1 unspecified atom stereocenters. The summed E-state index contributed by atoms with van der Waals surface area (Å²) in [5.41, 5.74) is 7.55. The van der Waals surface area contributed by atoms with Gasteiger partial charge in [0, 0.05) is 6.54 Å². The van der Waals surface area contributed by atoms with E-state index >= 15 is 0 Å². The number of hydrogen-bond donors (Lipinski definition) is 1. The highest BCUT2D eigenvalue weighted by atomic mass is 35.5. The Labute approximate surface area is 237 Å². The summed E-state index contributed by atoms with van der Waals surface area (Å²) in [7, 11) is 0. The Hall–Kier alpha value is -2.49. The molecular weight excluding hydrogens is 553 g/mol. The van der Waals surface area contributed by atoms with Crippen LogP contribution in [0.3, 0.4) is 0 Å². The smallest absolute Gasteiger partial charge is 1.00 e. The molecule has 1 amide bonds. The Morgan fingerprint density at radius 2 is 1.92 bits per heavy atom. The number of fused-ring (bicyclic) bond motifs is 1. The first-order chi connectivity index (χ1) is 17.4. The third-order valence-corrected chi connectivity index (χ3v) is 7.74. The minimum Gasteiger partial charge on any atom is -1.00 e. The summed E-state index contributed by atoms with van der Waals surface area (Å²) in [5, 5.41) is 1.00. The lowest BCUT2D eigenvalue weighted by atomic mass is 10.1. The molecular formula is C26H28Cl3N5O2S. The van der Waals surface area contributed by atoms with E-state index in [2.05, 4.69) is 4.37 Å². The highest BCUT2D eigenvalue weighted by molar-refractivity contribution is 7.12. The molecule has 2 heterocycles. The van der Waals surface area contributed by atoms with E-state index in [1.54, 1.807) is 27.7 Å².